The molecule has 6 heteroatoms. The van der Waals surface area contributed by atoms with Crippen molar-refractivity contribution in [2.45, 2.75) is 19.8 Å². The van der Waals surface area contributed by atoms with E-state index in [4.69, 9.17) is 5.11 Å². The number of hydrogen-bond donors (Lipinski definition) is 2. The highest BCUT2D eigenvalue weighted by molar-refractivity contribution is 7.13. The summed E-state index contributed by atoms with van der Waals surface area (Å²) >= 11 is 1.48. The Bertz CT molecular complexity index is 566. The molecule has 2 aromatic heterocycles. The number of thiazole rings is 1. The normalized spacial score (nSPS) is 10.6. The fourth-order valence-electron chi connectivity index (χ4n) is 1.34. The van der Waals surface area contributed by atoms with Gasteiger partial charge in [0.25, 0.3) is 0 Å². The van der Waals surface area contributed by atoms with Crippen molar-refractivity contribution in [1.29, 1.82) is 0 Å². The van der Waals surface area contributed by atoms with Crippen LogP contribution in [0.5, 0.6) is 0 Å². The molecule has 0 bridgehead atoms. The number of nitrogens with zero attached hydrogens (tertiary/aromatic N) is 2. The molecule has 0 saturated heterocycles. The average molecular weight is 263 g/mol. The first-order valence-electron chi connectivity index (χ1n) is 5.49. The van der Waals surface area contributed by atoms with Gasteiger partial charge in [0.05, 0.1) is 5.69 Å². The van der Waals surface area contributed by atoms with E-state index in [0.29, 0.717) is 16.9 Å². The van der Waals surface area contributed by atoms with Crippen LogP contribution in [0.15, 0.2) is 23.6 Å². The van der Waals surface area contributed by atoms with Gasteiger partial charge >= 0.3 is 5.97 Å². The molecule has 2 N–H and O–H groups in total. The molecule has 0 aliphatic carbocycles. The Hall–Kier alpha value is -1.95. The van der Waals surface area contributed by atoms with Crippen molar-refractivity contribution in [3.8, 4) is 0 Å². The van der Waals surface area contributed by atoms with Crippen LogP contribution >= 0.6 is 11.3 Å². The van der Waals surface area contributed by atoms with E-state index >= 15 is 0 Å². The highest BCUT2D eigenvalue weighted by atomic mass is 32.1. The summed E-state index contributed by atoms with van der Waals surface area (Å²) in [5.41, 5.74) is 1.03. The maximum atomic E-state index is 10.8. The maximum absolute atomic E-state index is 10.8. The van der Waals surface area contributed by atoms with Crippen LogP contribution in [0.4, 0.5) is 10.9 Å². The molecule has 94 valence electrons. The van der Waals surface area contributed by atoms with Crippen molar-refractivity contribution in [3.05, 3.63) is 35.0 Å². The zero-order valence-corrected chi connectivity index (χ0v) is 10.9. The van der Waals surface area contributed by atoms with E-state index in [1.54, 1.807) is 12.1 Å². The van der Waals surface area contributed by atoms with Crippen molar-refractivity contribution >= 4 is 28.3 Å². The highest BCUT2D eigenvalue weighted by Crippen LogP contribution is 2.23. The second kappa shape index (κ2) is 5.14. The minimum atomic E-state index is -1.04. The van der Waals surface area contributed by atoms with E-state index in [0.717, 1.165) is 5.69 Å². The van der Waals surface area contributed by atoms with Crippen molar-refractivity contribution in [1.82, 2.24) is 9.97 Å². The zero-order valence-electron chi connectivity index (χ0n) is 10.0. The maximum Gasteiger partial charge on any atom is 0.354 e. The van der Waals surface area contributed by atoms with Crippen molar-refractivity contribution < 1.29 is 9.90 Å². The summed E-state index contributed by atoms with van der Waals surface area (Å²) in [6.45, 7) is 4.14. The average Bonchev–Trinajstić information content (AvgIpc) is 2.78. The summed E-state index contributed by atoms with van der Waals surface area (Å²) in [5.74, 6) is -0.185. The van der Waals surface area contributed by atoms with E-state index in [1.807, 2.05) is 5.38 Å². The molecule has 0 radical (unpaired) electrons. The largest absolute Gasteiger partial charge is 0.477 e. The predicted molar refractivity (Wildman–Crippen MR) is 70.7 cm³/mol. The minimum absolute atomic E-state index is 0.0145. The Morgan fingerprint density at radius 1 is 1.39 bits per heavy atom. The van der Waals surface area contributed by atoms with Crippen molar-refractivity contribution in [3.63, 3.8) is 0 Å². The SMILES string of the molecule is CC(C)c1csc(Nc2cccc(C(=O)O)n2)n1. The van der Waals surface area contributed by atoms with Crippen LogP contribution < -0.4 is 5.32 Å². The molecule has 0 aliphatic heterocycles. The molecule has 2 aromatic rings. The van der Waals surface area contributed by atoms with Gasteiger partial charge in [-0.3, -0.25) is 0 Å². The van der Waals surface area contributed by atoms with Gasteiger partial charge in [-0.25, -0.2) is 14.8 Å². The Labute approximate surface area is 109 Å². The number of pyridine rings is 1. The molecule has 2 heterocycles. The number of rotatable bonds is 4. The van der Waals surface area contributed by atoms with Crippen LogP contribution in [0.2, 0.25) is 0 Å². The summed E-state index contributed by atoms with van der Waals surface area (Å²) in [6.07, 6.45) is 0. The second-order valence-corrected chi connectivity index (χ2v) is 4.93. The highest BCUT2D eigenvalue weighted by Gasteiger charge is 2.08. The molecular weight excluding hydrogens is 250 g/mol. The summed E-state index contributed by atoms with van der Waals surface area (Å²) in [6, 6.07) is 4.81. The number of nitrogens with one attached hydrogen (secondary N) is 1. The predicted octanol–water partition coefficient (Wildman–Crippen LogP) is 3.10. The molecule has 18 heavy (non-hydrogen) atoms. The third kappa shape index (κ3) is 2.84. The third-order valence-electron chi connectivity index (χ3n) is 2.32. The van der Waals surface area contributed by atoms with Crippen LogP contribution in [-0.4, -0.2) is 21.0 Å². The first-order valence-corrected chi connectivity index (χ1v) is 6.37. The van der Waals surface area contributed by atoms with Gasteiger partial charge in [-0.2, -0.15) is 0 Å². The van der Waals surface area contributed by atoms with Gasteiger partial charge in [0, 0.05) is 5.38 Å². The summed E-state index contributed by atoms with van der Waals surface area (Å²) < 4.78 is 0. The van der Waals surface area contributed by atoms with Gasteiger partial charge in [-0.15, -0.1) is 11.3 Å². The minimum Gasteiger partial charge on any atom is -0.477 e. The molecule has 0 saturated carbocycles. The summed E-state index contributed by atoms with van der Waals surface area (Å²) in [4.78, 5) is 19.2. The number of carboxylic acids is 1. The molecule has 0 spiro atoms. The fourth-order valence-corrected chi connectivity index (χ4v) is 2.22. The van der Waals surface area contributed by atoms with Crippen LogP contribution in [-0.2, 0) is 0 Å². The molecule has 5 nitrogen and oxygen atoms in total. The topological polar surface area (TPSA) is 75.1 Å². The second-order valence-electron chi connectivity index (χ2n) is 4.07. The molecule has 0 atom stereocenters. The Kier molecular flexibility index (Phi) is 3.57. The lowest BCUT2D eigenvalue weighted by molar-refractivity contribution is 0.0690. The number of carboxylic acid groups (broad SMARTS) is 1. The van der Waals surface area contributed by atoms with Gasteiger partial charge in [-0.1, -0.05) is 19.9 Å². The van der Waals surface area contributed by atoms with Crippen LogP contribution in [0.25, 0.3) is 0 Å². The first kappa shape index (κ1) is 12.5. The number of carbonyl (C=O) groups is 1. The van der Waals surface area contributed by atoms with Crippen molar-refractivity contribution in [2.24, 2.45) is 0 Å². The molecular formula is C12H13N3O2S. The number of aromatic carboxylic acids is 1. The summed E-state index contributed by atoms with van der Waals surface area (Å²) in [5, 5.41) is 14.6. The smallest absolute Gasteiger partial charge is 0.354 e. The van der Waals surface area contributed by atoms with Gasteiger partial charge in [-0.05, 0) is 18.1 Å². The van der Waals surface area contributed by atoms with Crippen LogP contribution in [0.3, 0.4) is 0 Å². The lowest BCUT2D eigenvalue weighted by Crippen LogP contribution is -2.02. The van der Waals surface area contributed by atoms with Gasteiger partial charge < -0.3 is 10.4 Å². The third-order valence-corrected chi connectivity index (χ3v) is 3.09. The van der Waals surface area contributed by atoms with E-state index in [2.05, 4.69) is 29.1 Å². The zero-order chi connectivity index (χ0) is 13.1. The van der Waals surface area contributed by atoms with E-state index in [-0.39, 0.29) is 5.69 Å². The lowest BCUT2D eigenvalue weighted by Gasteiger charge is -2.02. The van der Waals surface area contributed by atoms with Gasteiger partial charge in [0.2, 0.25) is 0 Å². The molecule has 0 aromatic carbocycles. The molecule has 0 aliphatic rings. The standard InChI is InChI=1S/C12H13N3O2S/c1-7(2)9-6-18-12(14-9)15-10-5-3-4-8(13-10)11(16)17/h3-7H,1-2H3,(H,16,17)(H,13,14,15). The molecule has 2 rings (SSSR count). The quantitative estimate of drug-likeness (QED) is 0.886. The van der Waals surface area contributed by atoms with Gasteiger partial charge in [0.1, 0.15) is 5.82 Å². The molecule has 0 unspecified atom stereocenters. The first-order chi connectivity index (χ1) is 8.56. The van der Waals surface area contributed by atoms with Crippen molar-refractivity contribution in [2.75, 3.05) is 5.32 Å². The Balaban J connectivity index is 2.17. The van der Waals surface area contributed by atoms with Gasteiger partial charge in [0.15, 0.2) is 10.8 Å². The Morgan fingerprint density at radius 2 is 2.17 bits per heavy atom. The number of hydrogen-bond acceptors (Lipinski definition) is 5. The summed E-state index contributed by atoms with van der Waals surface area (Å²) in [7, 11) is 0. The number of anilines is 2. The van der Waals surface area contributed by atoms with E-state index in [9.17, 15) is 4.79 Å². The molecule has 0 amide bonds. The lowest BCUT2D eigenvalue weighted by atomic mass is 10.2. The van der Waals surface area contributed by atoms with Crippen LogP contribution in [0.1, 0.15) is 35.9 Å². The fraction of sp³-hybridized carbons (Fsp3) is 0.250. The Morgan fingerprint density at radius 3 is 2.78 bits per heavy atom. The van der Waals surface area contributed by atoms with E-state index < -0.39 is 5.97 Å². The number of aromatic nitrogens is 2. The monoisotopic (exact) mass is 263 g/mol. The van der Waals surface area contributed by atoms with Crippen LogP contribution in [0, 0.1) is 0 Å². The van der Waals surface area contributed by atoms with E-state index in [1.165, 1.54) is 17.4 Å². The molecule has 0 fully saturated rings.